The van der Waals surface area contributed by atoms with Crippen molar-refractivity contribution in [3.63, 3.8) is 0 Å². The molecule has 2 aromatic rings. The normalized spacial score (nSPS) is 27.5. The van der Waals surface area contributed by atoms with Crippen molar-refractivity contribution in [2.75, 3.05) is 25.9 Å². The average Bonchev–Trinajstić information content (AvgIpc) is 3.12. The van der Waals surface area contributed by atoms with Crippen LogP contribution in [0.4, 0.5) is 13.6 Å². The Bertz CT molecular complexity index is 1500. The van der Waals surface area contributed by atoms with Crippen LogP contribution in [0.2, 0.25) is 5.02 Å². The van der Waals surface area contributed by atoms with Crippen molar-refractivity contribution in [3.05, 3.63) is 64.4 Å². The zero-order chi connectivity index (χ0) is 32.3. The number of nitrogens with one attached hydrogen (secondary N) is 2. The van der Waals surface area contributed by atoms with Crippen molar-refractivity contribution in [3.8, 4) is 0 Å². The molecule has 3 aliphatic rings. The van der Waals surface area contributed by atoms with Crippen LogP contribution < -0.4 is 10.6 Å². The molecule has 5 rings (SSSR count). The number of hydrogen-bond donors (Lipinski definition) is 3. The van der Waals surface area contributed by atoms with Gasteiger partial charge in [-0.2, -0.15) is 4.31 Å². The highest BCUT2D eigenvalue weighted by atomic mass is 35.5. The van der Waals surface area contributed by atoms with Crippen LogP contribution in [0, 0.1) is 17.6 Å². The Labute approximate surface area is 267 Å². The molecule has 1 aromatic carbocycles. The summed E-state index contributed by atoms with van der Waals surface area (Å²) in [5, 5.41) is 16.5. The van der Waals surface area contributed by atoms with Gasteiger partial charge in [0.25, 0.3) is 0 Å². The molecule has 0 spiro atoms. The van der Waals surface area contributed by atoms with Crippen LogP contribution in [-0.4, -0.2) is 89.8 Å². The smallest absolute Gasteiger partial charge is 0.407 e. The van der Waals surface area contributed by atoms with Crippen LogP contribution in [-0.2, 0) is 14.8 Å². The summed E-state index contributed by atoms with van der Waals surface area (Å²) in [6.07, 6.45) is 7.07. The zero-order valence-corrected chi connectivity index (χ0v) is 26.7. The summed E-state index contributed by atoms with van der Waals surface area (Å²) in [6, 6.07) is 3.40. The van der Waals surface area contributed by atoms with Crippen molar-refractivity contribution in [2.45, 2.75) is 81.5 Å². The average molecular weight is 668 g/mol. The highest BCUT2D eigenvalue weighted by Crippen LogP contribution is 2.35. The largest absolute Gasteiger partial charge is 0.465 e. The first-order valence-electron chi connectivity index (χ1n) is 15.5. The Morgan fingerprint density at radius 3 is 2.64 bits per heavy atom. The van der Waals surface area contributed by atoms with Gasteiger partial charge >= 0.3 is 6.09 Å². The molecule has 2 saturated heterocycles. The number of fused-ring (bicyclic) bond motifs is 2. The minimum Gasteiger partial charge on any atom is -0.465 e. The van der Waals surface area contributed by atoms with Crippen LogP contribution in [0.15, 0.2) is 36.7 Å². The van der Waals surface area contributed by atoms with E-state index in [-0.39, 0.29) is 45.9 Å². The van der Waals surface area contributed by atoms with Gasteiger partial charge in [-0.25, -0.2) is 22.0 Å². The van der Waals surface area contributed by atoms with E-state index in [2.05, 4.69) is 15.6 Å². The molecule has 3 fully saturated rings. The van der Waals surface area contributed by atoms with E-state index in [4.69, 9.17) is 11.6 Å². The second-order valence-electron chi connectivity index (χ2n) is 12.4. The number of sulfonamides is 1. The number of likely N-dealkylation sites (N-methyl/N-ethyl adjacent to an activating group) is 1. The molecule has 0 radical (unpaired) electrons. The first-order chi connectivity index (χ1) is 21.4. The van der Waals surface area contributed by atoms with Crippen LogP contribution >= 0.6 is 11.6 Å². The fraction of sp³-hybridized carbons (Fsp3) is 0.581. The van der Waals surface area contributed by atoms with E-state index in [1.165, 1.54) is 25.4 Å². The summed E-state index contributed by atoms with van der Waals surface area (Å²) in [5.74, 6) is -2.94. The number of benzene rings is 1. The summed E-state index contributed by atoms with van der Waals surface area (Å²) < 4.78 is 56.7. The lowest BCUT2D eigenvalue weighted by molar-refractivity contribution is -0.127. The first-order valence-corrected chi connectivity index (χ1v) is 17.5. The van der Waals surface area contributed by atoms with Gasteiger partial charge in [-0.05, 0) is 73.8 Å². The molecule has 1 aromatic heterocycles. The molecule has 246 valence electrons. The standard InChI is InChI=1S/C31H40ClF2N5O5S/c1-38(31(41)42)29(28(21-13-22(33)16-35-15-21)20-9-11-25(32)26(34)14-20)30(40)37-27-7-3-2-5-19(27)8-10-24-17-36-23-6-4-12-45(43,44)39(24)18-23/h9,11,13-16,19,23-24,27-29,36H,2-8,10,12,17-18H2,1H3,(H,37,40)(H,41,42)/t19-,23-,24+,27+,28+,29+/m1/s1. The molecule has 3 heterocycles. The SMILES string of the molecule is CN(C(=O)O)[C@H](C(=O)N[C@H]1CCCC[C@@H]1CC[C@H]1CN[C@@H]2CCCS(=O)(=O)N1C2)[C@H](c1cncc(F)c1)c1ccc(Cl)c(F)c1. The van der Waals surface area contributed by atoms with Gasteiger partial charge in [-0.15, -0.1) is 0 Å². The Morgan fingerprint density at radius 2 is 1.91 bits per heavy atom. The van der Waals surface area contributed by atoms with E-state index < -0.39 is 45.6 Å². The van der Waals surface area contributed by atoms with Gasteiger partial charge < -0.3 is 15.7 Å². The Balaban J connectivity index is 1.39. The molecule has 2 aliphatic heterocycles. The van der Waals surface area contributed by atoms with E-state index in [1.54, 1.807) is 4.31 Å². The monoisotopic (exact) mass is 667 g/mol. The van der Waals surface area contributed by atoms with Crippen LogP contribution in [0.5, 0.6) is 0 Å². The van der Waals surface area contributed by atoms with Gasteiger partial charge in [0, 0.05) is 50.4 Å². The van der Waals surface area contributed by atoms with Crippen molar-refractivity contribution >= 4 is 33.6 Å². The fourth-order valence-corrected chi connectivity index (χ4v) is 9.12. The van der Waals surface area contributed by atoms with E-state index >= 15 is 0 Å². The number of rotatable bonds is 9. The number of amides is 2. The Hall–Kier alpha value is -2.87. The second-order valence-corrected chi connectivity index (χ2v) is 14.9. The number of halogens is 3. The van der Waals surface area contributed by atoms with Crippen LogP contribution in [0.3, 0.4) is 0 Å². The molecule has 1 saturated carbocycles. The minimum atomic E-state index is -3.33. The van der Waals surface area contributed by atoms with Crippen molar-refractivity contribution < 1.29 is 31.9 Å². The van der Waals surface area contributed by atoms with E-state index in [9.17, 15) is 31.9 Å². The highest BCUT2D eigenvalue weighted by molar-refractivity contribution is 7.89. The van der Waals surface area contributed by atoms with Crippen molar-refractivity contribution in [1.29, 1.82) is 0 Å². The number of piperazine rings is 1. The van der Waals surface area contributed by atoms with Crippen molar-refractivity contribution in [1.82, 2.24) is 24.8 Å². The summed E-state index contributed by atoms with van der Waals surface area (Å²) in [7, 11) is -2.08. The molecule has 1 aliphatic carbocycles. The van der Waals surface area contributed by atoms with Crippen molar-refractivity contribution in [2.24, 2.45) is 5.92 Å². The summed E-state index contributed by atoms with van der Waals surface area (Å²) in [5.41, 5.74) is 0.437. The zero-order valence-electron chi connectivity index (χ0n) is 25.2. The van der Waals surface area contributed by atoms with Gasteiger partial charge in [-0.1, -0.05) is 30.5 Å². The molecule has 7 atom stereocenters. The Kier molecular flexibility index (Phi) is 10.6. The van der Waals surface area contributed by atoms with Crippen LogP contribution in [0.25, 0.3) is 0 Å². The topological polar surface area (TPSA) is 132 Å². The van der Waals surface area contributed by atoms with Crippen LogP contribution in [0.1, 0.15) is 68.4 Å². The number of carbonyl (C=O) groups excluding carboxylic acids is 1. The summed E-state index contributed by atoms with van der Waals surface area (Å²) in [6.45, 7) is 1.06. The fourth-order valence-electron chi connectivity index (χ4n) is 7.19. The van der Waals surface area contributed by atoms with E-state index in [0.717, 1.165) is 48.9 Å². The molecule has 14 heteroatoms. The molecule has 1 unspecified atom stereocenters. The third kappa shape index (κ3) is 7.75. The maximum absolute atomic E-state index is 14.7. The number of carboxylic acid groups (broad SMARTS) is 1. The van der Waals surface area contributed by atoms with E-state index in [1.807, 2.05) is 0 Å². The third-order valence-electron chi connectivity index (χ3n) is 9.56. The van der Waals surface area contributed by atoms with Gasteiger partial charge in [0.2, 0.25) is 15.9 Å². The Morgan fingerprint density at radius 1 is 1.13 bits per heavy atom. The maximum Gasteiger partial charge on any atom is 0.407 e. The molecule has 10 nitrogen and oxygen atoms in total. The van der Waals surface area contributed by atoms with Gasteiger partial charge in [0.1, 0.15) is 17.7 Å². The minimum absolute atomic E-state index is 0.0492. The lowest BCUT2D eigenvalue weighted by Crippen LogP contribution is -2.57. The summed E-state index contributed by atoms with van der Waals surface area (Å²) >= 11 is 5.92. The van der Waals surface area contributed by atoms with Gasteiger partial charge in [0.15, 0.2) is 0 Å². The lowest BCUT2D eigenvalue weighted by Gasteiger charge is -2.40. The maximum atomic E-state index is 14.7. The number of carbonyl (C=O) groups is 2. The molecular weight excluding hydrogens is 628 g/mol. The molecule has 2 bridgehead atoms. The number of pyridine rings is 1. The molecule has 3 N–H and O–H groups in total. The molecule has 45 heavy (non-hydrogen) atoms. The van der Waals surface area contributed by atoms with Gasteiger partial charge in [0.05, 0.1) is 17.0 Å². The summed E-state index contributed by atoms with van der Waals surface area (Å²) in [4.78, 5) is 31.2. The predicted molar refractivity (Wildman–Crippen MR) is 165 cm³/mol. The second kappa shape index (κ2) is 14.3. The third-order valence-corrected chi connectivity index (χ3v) is 11.8. The number of aromatic nitrogens is 1. The number of hydrogen-bond acceptors (Lipinski definition) is 6. The highest BCUT2D eigenvalue weighted by Gasteiger charge is 2.41. The molecule has 2 amide bonds. The first kappa shape index (κ1) is 33.5. The molecular formula is C31H40ClF2N5O5S. The van der Waals surface area contributed by atoms with E-state index in [0.29, 0.717) is 38.8 Å². The lowest BCUT2D eigenvalue weighted by atomic mass is 9.80. The number of nitrogens with zero attached hydrogens (tertiary/aromatic N) is 3. The van der Waals surface area contributed by atoms with Gasteiger partial charge in [-0.3, -0.25) is 14.7 Å². The quantitative estimate of drug-likeness (QED) is 0.363. The predicted octanol–water partition coefficient (Wildman–Crippen LogP) is 4.34.